The number of aromatic amines is 1. The van der Waals surface area contributed by atoms with Gasteiger partial charge in [0.05, 0.1) is 29.3 Å². The second-order valence-corrected chi connectivity index (χ2v) is 7.70. The molecule has 0 fully saturated rings. The normalized spacial score (nSPS) is 16.3. The molecule has 0 saturated heterocycles. The van der Waals surface area contributed by atoms with Gasteiger partial charge in [0.1, 0.15) is 17.4 Å². The lowest BCUT2D eigenvalue weighted by Crippen LogP contribution is -2.40. The van der Waals surface area contributed by atoms with Crippen LogP contribution >= 0.6 is 0 Å². The lowest BCUT2D eigenvalue weighted by atomic mass is 9.99. The molecule has 0 spiro atoms. The van der Waals surface area contributed by atoms with Crippen LogP contribution in [-0.4, -0.2) is 36.9 Å². The second kappa shape index (κ2) is 6.32. The summed E-state index contributed by atoms with van der Waals surface area (Å²) < 4.78 is 7.92. The first kappa shape index (κ1) is 17.0. The molecule has 1 aliphatic rings. The van der Waals surface area contributed by atoms with Crippen molar-refractivity contribution >= 4 is 22.4 Å². The highest BCUT2D eigenvalue weighted by Gasteiger charge is 2.37. The van der Waals surface area contributed by atoms with Crippen molar-refractivity contribution in [1.29, 1.82) is 0 Å². The molecule has 1 amide bonds. The second-order valence-electron chi connectivity index (χ2n) is 7.70. The number of hydrogen-bond donors (Lipinski definition) is 1. The number of carbonyl (C=O) groups is 1. The maximum atomic E-state index is 13.7. The molecule has 0 unspecified atom stereocenters. The highest BCUT2D eigenvalue weighted by atomic mass is 16.3. The number of pyridine rings is 1. The Morgan fingerprint density at radius 2 is 2.13 bits per heavy atom. The lowest BCUT2D eigenvalue weighted by Gasteiger charge is -2.33. The van der Waals surface area contributed by atoms with Gasteiger partial charge in [-0.15, -0.1) is 0 Å². The summed E-state index contributed by atoms with van der Waals surface area (Å²) in [6.07, 6.45) is 5.97. The Hall–Kier alpha value is -3.87. The molecule has 0 saturated carbocycles. The number of furan rings is 1. The van der Waals surface area contributed by atoms with E-state index in [9.17, 15) is 4.79 Å². The third-order valence-corrected chi connectivity index (χ3v) is 5.79. The van der Waals surface area contributed by atoms with Gasteiger partial charge < -0.3 is 14.3 Å². The molecule has 1 N–H and O–H groups in total. The van der Waals surface area contributed by atoms with E-state index in [2.05, 4.69) is 15.1 Å². The topological polar surface area (TPSA) is 79.4 Å². The molecule has 0 radical (unpaired) electrons. The van der Waals surface area contributed by atoms with E-state index in [1.165, 1.54) is 0 Å². The monoisotopic (exact) mass is 397 g/mol. The van der Waals surface area contributed by atoms with Crippen LogP contribution in [0.3, 0.4) is 0 Å². The standard InChI is InChI=1S/C23H19N5O2/c1-14-6-7-18-16(11-26-28(18)12-14)23(29)27-9-8-17-21(25-13-24-17)22(27)20-10-15-4-2-3-5-19(15)30-20/h2-7,10-13,22H,8-9H2,1H3,(H,24,25)/t22-/m0/s1. The van der Waals surface area contributed by atoms with Crippen molar-refractivity contribution in [2.45, 2.75) is 19.4 Å². The molecule has 6 rings (SSSR count). The largest absolute Gasteiger partial charge is 0.458 e. The van der Waals surface area contributed by atoms with Crippen LogP contribution in [0.25, 0.3) is 16.5 Å². The number of benzene rings is 1. The molecule has 148 valence electrons. The first-order valence-corrected chi connectivity index (χ1v) is 9.94. The van der Waals surface area contributed by atoms with Gasteiger partial charge in [0.2, 0.25) is 0 Å². The molecule has 0 bridgehead atoms. The number of nitrogens with one attached hydrogen (secondary N) is 1. The maximum absolute atomic E-state index is 13.7. The fourth-order valence-electron chi connectivity index (χ4n) is 4.33. The molecule has 0 aliphatic carbocycles. The Bertz CT molecular complexity index is 1380. The zero-order chi connectivity index (χ0) is 20.2. The summed E-state index contributed by atoms with van der Waals surface area (Å²) in [4.78, 5) is 23.3. The number of fused-ring (bicyclic) bond motifs is 3. The van der Waals surface area contributed by atoms with Crippen molar-refractivity contribution in [3.05, 3.63) is 89.5 Å². The predicted molar refractivity (Wildman–Crippen MR) is 111 cm³/mol. The van der Waals surface area contributed by atoms with Gasteiger partial charge in [-0.3, -0.25) is 4.79 Å². The zero-order valence-electron chi connectivity index (χ0n) is 16.4. The quantitative estimate of drug-likeness (QED) is 0.490. The van der Waals surface area contributed by atoms with Gasteiger partial charge in [0.25, 0.3) is 5.91 Å². The van der Waals surface area contributed by atoms with E-state index < -0.39 is 0 Å². The Kier molecular flexibility index (Phi) is 3.59. The lowest BCUT2D eigenvalue weighted by molar-refractivity contribution is 0.0675. The van der Waals surface area contributed by atoms with Crippen LogP contribution < -0.4 is 0 Å². The number of aromatic nitrogens is 4. The van der Waals surface area contributed by atoms with Gasteiger partial charge >= 0.3 is 0 Å². The van der Waals surface area contributed by atoms with Crippen molar-refractivity contribution < 1.29 is 9.21 Å². The highest BCUT2D eigenvalue weighted by Crippen LogP contribution is 2.37. The molecule has 1 atom stereocenters. The minimum absolute atomic E-state index is 0.0760. The number of aryl methyl sites for hydroxylation is 1. The van der Waals surface area contributed by atoms with Crippen LogP contribution in [0.1, 0.15) is 39.1 Å². The van der Waals surface area contributed by atoms with Crippen LogP contribution in [0.5, 0.6) is 0 Å². The molecule has 4 aromatic heterocycles. The molecule has 1 aliphatic heterocycles. The fraction of sp³-hybridized carbons (Fsp3) is 0.174. The fourth-order valence-corrected chi connectivity index (χ4v) is 4.33. The van der Waals surface area contributed by atoms with Crippen LogP contribution in [0.4, 0.5) is 0 Å². The molecular formula is C23H19N5O2. The summed E-state index contributed by atoms with van der Waals surface area (Å²) in [6, 6.07) is 13.4. The summed E-state index contributed by atoms with van der Waals surface area (Å²) >= 11 is 0. The van der Waals surface area contributed by atoms with Gasteiger partial charge in [-0.25, -0.2) is 9.50 Å². The van der Waals surface area contributed by atoms with E-state index in [4.69, 9.17) is 4.42 Å². The van der Waals surface area contributed by atoms with E-state index in [1.54, 1.807) is 17.0 Å². The molecule has 30 heavy (non-hydrogen) atoms. The first-order chi connectivity index (χ1) is 14.7. The SMILES string of the molecule is Cc1ccc2c(C(=O)N3CCc4[nH]cnc4[C@@H]3c3cc4ccccc4o3)cnn2c1. The number of nitrogens with zero attached hydrogens (tertiary/aromatic N) is 4. The van der Waals surface area contributed by atoms with Crippen LogP contribution in [-0.2, 0) is 6.42 Å². The van der Waals surface area contributed by atoms with Gasteiger partial charge in [-0.05, 0) is 30.7 Å². The third-order valence-electron chi connectivity index (χ3n) is 5.79. The number of carbonyl (C=O) groups excluding carboxylic acids is 1. The Labute approximate surface area is 171 Å². The Morgan fingerprint density at radius 1 is 1.23 bits per heavy atom. The first-order valence-electron chi connectivity index (χ1n) is 9.94. The van der Waals surface area contributed by atoms with Crippen molar-refractivity contribution in [3.8, 4) is 0 Å². The minimum Gasteiger partial charge on any atom is -0.458 e. The average Bonchev–Trinajstić information content (AvgIpc) is 3.49. The zero-order valence-corrected chi connectivity index (χ0v) is 16.4. The number of H-pyrrole nitrogens is 1. The van der Waals surface area contributed by atoms with Crippen molar-refractivity contribution in [2.75, 3.05) is 6.54 Å². The van der Waals surface area contributed by atoms with Gasteiger partial charge in [0.15, 0.2) is 0 Å². The molecule has 5 heterocycles. The van der Waals surface area contributed by atoms with E-state index in [0.29, 0.717) is 17.9 Å². The van der Waals surface area contributed by atoms with E-state index in [0.717, 1.165) is 39.9 Å². The van der Waals surface area contributed by atoms with Gasteiger partial charge in [0, 0.05) is 30.2 Å². The molecular weight excluding hydrogens is 378 g/mol. The summed E-state index contributed by atoms with van der Waals surface area (Å²) in [6.45, 7) is 2.57. The van der Waals surface area contributed by atoms with Crippen LogP contribution in [0, 0.1) is 6.92 Å². The molecule has 7 heteroatoms. The average molecular weight is 397 g/mol. The summed E-state index contributed by atoms with van der Waals surface area (Å²) in [5, 5.41) is 5.39. The summed E-state index contributed by atoms with van der Waals surface area (Å²) in [5.74, 6) is 0.637. The van der Waals surface area contributed by atoms with Gasteiger partial charge in [-0.2, -0.15) is 5.10 Å². The smallest absolute Gasteiger partial charge is 0.258 e. The Balaban J connectivity index is 1.48. The van der Waals surface area contributed by atoms with Crippen LogP contribution in [0.15, 0.2) is 65.6 Å². The van der Waals surface area contributed by atoms with Crippen molar-refractivity contribution in [2.24, 2.45) is 0 Å². The molecule has 1 aromatic carbocycles. The number of amides is 1. The van der Waals surface area contributed by atoms with Crippen molar-refractivity contribution in [3.63, 3.8) is 0 Å². The van der Waals surface area contributed by atoms with Crippen LogP contribution in [0.2, 0.25) is 0 Å². The number of hydrogen-bond acceptors (Lipinski definition) is 4. The minimum atomic E-state index is -0.389. The van der Waals surface area contributed by atoms with Gasteiger partial charge in [-0.1, -0.05) is 24.3 Å². The van der Waals surface area contributed by atoms with Crippen molar-refractivity contribution in [1.82, 2.24) is 24.5 Å². The summed E-state index contributed by atoms with van der Waals surface area (Å²) in [5.41, 5.74) is 5.13. The van der Waals surface area contributed by atoms with E-state index in [1.807, 2.05) is 60.5 Å². The molecule has 5 aromatic rings. The number of rotatable bonds is 2. The highest BCUT2D eigenvalue weighted by molar-refractivity contribution is 6.01. The predicted octanol–water partition coefficient (Wildman–Crippen LogP) is 3.90. The molecule has 7 nitrogen and oxygen atoms in total. The number of para-hydroxylation sites is 1. The number of imidazole rings is 1. The third kappa shape index (κ3) is 2.48. The van der Waals surface area contributed by atoms with E-state index >= 15 is 0 Å². The summed E-state index contributed by atoms with van der Waals surface area (Å²) in [7, 11) is 0. The van der Waals surface area contributed by atoms with E-state index in [-0.39, 0.29) is 11.9 Å². The Morgan fingerprint density at radius 3 is 3.03 bits per heavy atom. The maximum Gasteiger partial charge on any atom is 0.258 e.